The fraction of sp³-hybridized carbons (Fsp3) is 0.190. The molecule has 0 fully saturated rings. The first-order valence-electron chi connectivity index (χ1n) is 8.41. The van der Waals surface area contributed by atoms with Crippen molar-refractivity contribution in [1.82, 2.24) is 15.3 Å². The smallest absolute Gasteiger partial charge is 0.270 e. The average Bonchev–Trinajstić information content (AvgIpc) is 2.69. The maximum atomic E-state index is 12.3. The number of carbonyl (C=O) groups is 1. The van der Waals surface area contributed by atoms with Gasteiger partial charge in [-0.25, -0.2) is 4.98 Å². The summed E-state index contributed by atoms with van der Waals surface area (Å²) in [7, 11) is 0. The maximum Gasteiger partial charge on any atom is 0.270 e. The Balaban J connectivity index is 1.59. The molecule has 0 aliphatic rings. The van der Waals surface area contributed by atoms with E-state index in [1.807, 2.05) is 30.3 Å². The molecule has 2 aromatic heterocycles. The zero-order valence-corrected chi connectivity index (χ0v) is 14.3. The summed E-state index contributed by atoms with van der Waals surface area (Å²) in [4.78, 5) is 20.9. The van der Waals surface area contributed by atoms with Crippen molar-refractivity contribution in [3.05, 3.63) is 66.0 Å². The van der Waals surface area contributed by atoms with Crippen LogP contribution in [0.5, 0.6) is 5.75 Å². The van der Waals surface area contributed by atoms with Gasteiger partial charge in [0.05, 0.1) is 17.6 Å². The quantitative estimate of drug-likeness (QED) is 0.527. The summed E-state index contributed by atoms with van der Waals surface area (Å²) < 4.78 is 5.66. The van der Waals surface area contributed by atoms with Gasteiger partial charge in [-0.1, -0.05) is 12.1 Å². The van der Waals surface area contributed by atoms with E-state index in [2.05, 4.69) is 21.2 Å². The van der Waals surface area contributed by atoms with Crippen molar-refractivity contribution in [2.24, 2.45) is 0 Å². The topological polar surface area (TPSA) is 64.1 Å². The van der Waals surface area contributed by atoms with Gasteiger partial charge in [-0.15, -0.1) is 12.3 Å². The molecule has 0 aliphatic heterocycles. The van der Waals surface area contributed by atoms with Crippen molar-refractivity contribution >= 4 is 16.9 Å². The Morgan fingerprint density at radius 2 is 2.08 bits per heavy atom. The Kier molecular flexibility index (Phi) is 5.79. The van der Waals surface area contributed by atoms with Crippen molar-refractivity contribution in [1.29, 1.82) is 0 Å². The van der Waals surface area contributed by atoms with Crippen molar-refractivity contribution in [2.45, 2.75) is 19.4 Å². The van der Waals surface area contributed by atoms with E-state index >= 15 is 0 Å². The Morgan fingerprint density at radius 1 is 1.15 bits per heavy atom. The molecule has 0 bridgehead atoms. The van der Waals surface area contributed by atoms with Gasteiger partial charge in [0.25, 0.3) is 5.91 Å². The molecule has 0 aliphatic carbocycles. The summed E-state index contributed by atoms with van der Waals surface area (Å²) in [5.74, 6) is 3.13. The van der Waals surface area contributed by atoms with Crippen LogP contribution < -0.4 is 10.1 Å². The van der Waals surface area contributed by atoms with Crippen LogP contribution in [0.1, 0.15) is 28.9 Å². The highest BCUT2D eigenvalue weighted by Gasteiger charge is 2.08. The lowest BCUT2D eigenvalue weighted by molar-refractivity contribution is 0.0946. The number of nitrogens with zero attached hydrogens (tertiary/aromatic N) is 2. The normalized spacial score (nSPS) is 10.3. The van der Waals surface area contributed by atoms with Gasteiger partial charge in [0.2, 0.25) is 0 Å². The first-order valence-corrected chi connectivity index (χ1v) is 8.41. The molecular formula is C21H19N3O2. The minimum absolute atomic E-state index is 0.226. The van der Waals surface area contributed by atoms with E-state index < -0.39 is 0 Å². The highest BCUT2D eigenvalue weighted by Crippen LogP contribution is 2.14. The molecule has 0 saturated carbocycles. The number of rotatable bonds is 7. The number of terminal acetylenes is 1. The van der Waals surface area contributed by atoms with Crippen LogP contribution in [0.4, 0.5) is 0 Å². The molecule has 2 heterocycles. The first kappa shape index (κ1) is 17.4. The number of unbranched alkanes of at least 4 members (excludes halogenated alkanes) is 1. The Labute approximate surface area is 152 Å². The van der Waals surface area contributed by atoms with Crippen LogP contribution in [0.15, 0.2) is 54.7 Å². The number of hydrogen-bond donors (Lipinski definition) is 1. The van der Waals surface area contributed by atoms with Crippen LogP contribution in [0.25, 0.3) is 11.0 Å². The zero-order valence-electron chi connectivity index (χ0n) is 14.3. The molecule has 5 heteroatoms. The summed E-state index contributed by atoms with van der Waals surface area (Å²) >= 11 is 0. The predicted octanol–water partition coefficient (Wildman–Crippen LogP) is 3.35. The number of benzene rings is 1. The van der Waals surface area contributed by atoms with Crippen molar-refractivity contribution in [3.8, 4) is 18.1 Å². The van der Waals surface area contributed by atoms with E-state index in [1.54, 1.807) is 24.4 Å². The third kappa shape index (κ3) is 4.58. The van der Waals surface area contributed by atoms with Gasteiger partial charge in [-0.3, -0.25) is 9.78 Å². The third-order valence-corrected chi connectivity index (χ3v) is 3.77. The number of aromatic nitrogens is 2. The Hall–Kier alpha value is -3.39. The molecule has 26 heavy (non-hydrogen) atoms. The third-order valence-electron chi connectivity index (χ3n) is 3.77. The highest BCUT2D eigenvalue weighted by atomic mass is 16.5. The number of amides is 1. The molecule has 0 spiro atoms. The first-order chi connectivity index (χ1) is 12.8. The van der Waals surface area contributed by atoms with E-state index in [-0.39, 0.29) is 5.91 Å². The molecule has 3 aromatic rings. The van der Waals surface area contributed by atoms with Gasteiger partial charge in [-0.05, 0) is 48.4 Å². The largest absolute Gasteiger partial charge is 0.494 e. The summed E-state index contributed by atoms with van der Waals surface area (Å²) in [6.45, 7) is 0.974. The van der Waals surface area contributed by atoms with E-state index in [9.17, 15) is 4.79 Å². The van der Waals surface area contributed by atoms with Crippen LogP contribution >= 0.6 is 0 Å². The minimum Gasteiger partial charge on any atom is -0.494 e. The van der Waals surface area contributed by atoms with E-state index in [1.165, 1.54) is 0 Å². The van der Waals surface area contributed by atoms with E-state index in [0.29, 0.717) is 30.8 Å². The molecule has 1 amide bonds. The minimum atomic E-state index is -0.226. The molecule has 1 aromatic carbocycles. The van der Waals surface area contributed by atoms with Crippen LogP contribution in [0.2, 0.25) is 0 Å². The van der Waals surface area contributed by atoms with Gasteiger partial charge >= 0.3 is 0 Å². The molecule has 0 unspecified atom stereocenters. The Morgan fingerprint density at radius 3 is 2.96 bits per heavy atom. The molecular weight excluding hydrogens is 326 g/mol. The molecule has 130 valence electrons. The fourth-order valence-electron chi connectivity index (χ4n) is 2.47. The van der Waals surface area contributed by atoms with Gasteiger partial charge in [0.15, 0.2) is 0 Å². The van der Waals surface area contributed by atoms with E-state index in [4.69, 9.17) is 11.2 Å². The average molecular weight is 345 g/mol. The molecule has 5 nitrogen and oxygen atoms in total. The van der Waals surface area contributed by atoms with E-state index in [0.717, 1.165) is 23.3 Å². The number of ether oxygens (including phenoxy) is 1. The Bertz CT molecular complexity index is 947. The number of pyridine rings is 2. The number of nitrogens with one attached hydrogen (secondary N) is 1. The van der Waals surface area contributed by atoms with Crippen molar-refractivity contribution in [2.75, 3.05) is 6.61 Å². The second-order valence-electron chi connectivity index (χ2n) is 5.72. The standard InChI is InChI=1S/C21H19N3O2/c1-2-3-4-13-26-17-8-5-7-16(14-17)15-23-21(25)20-11-10-18-19(24-20)9-6-12-22-18/h1,5-12,14H,3-4,13,15H2,(H,23,25). The second kappa shape index (κ2) is 8.63. The number of hydrogen-bond acceptors (Lipinski definition) is 4. The second-order valence-corrected chi connectivity index (χ2v) is 5.72. The highest BCUT2D eigenvalue weighted by molar-refractivity contribution is 5.94. The lowest BCUT2D eigenvalue weighted by Crippen LogP contribution is -2.23. The lowest BCUT2D eigenvalue weighted by Gasteiger charge is -2.09. The zero-order chi connectivity index (χ0) is 18.2. The lowest BCUT2D eigenvalue weighted by atomic mass is 10.2. The van der Waals surface area contributed by atoms with Crippen LogP contribution in [0, 0.1) is 12.3 Å². The van der Waals surface area contributed by atoms with Crippen molar-refractivity contribution < 1.29 is 9.53 Å². The SMILES string of the molecule is C#CCCCOc1cccc(CNC(=O)c2ccc3ncccc3n2)c1. The monoisotopic (exact) mass is 345 g/mol. The van der Waals surface area contributed by atoms with Crippen LogP contribution in [-0.4, -0.2) is 22.5 Å². The maximum absolute atomic E-state index is 12.3. The van der Waals surface area contributed by atoms with Gasteiger partial charge in [0, 0.05) is 19.2 Å². The van der Waals surface area contributed by atoms with Gasteiger partial charge in [0.1, 0.15) is 11.4 Å². The number of fused-ring (bicyclic) bond motifs is 1. The predicted molar refractivity (Wildman–Crippen MR) is 101 cm³/mol. The molecule has 0 saturated heterocycles. The summed E-state index contributed by atoms with van der Waals surface area (Å²) in [6.07, 6.45) is 8.44. The summed E-state index contributed by atoms with van der Waals surface area (Å²) in [6, 6.07) is 14.7. The molecule has 0 atom stereocenters. The van der Waals surface area contributed by atoms with Crippen LogP contribution in [-0.2, 0) is 6.54 Å². The van der Waals surface area contributed by atoms with Crippen molar-refractivity contribution in [3.63, 3.8) is 0 Å². The summed E-state index contributed by atoms with van der Waals surface area (Å²) in [5.41, 5.74) is 2.78. The van der Waals surface area contributed by atoms with Gasteiger partial charge in [-0.2, -0.15) is 0 Å². The number of carbonyl (C=O) groups excluding carboxylic acids is 1. The molecule has 0 radical (unpaired) electrons. The van der Waals surface area contributed by atoms with Crippen LogP contribution in [0.3, 0.4) is 0 Å². The molecule has 3 rings (SSSR count). The molecule has 1 N–H and O–H groups in total. The summed E-state index contributed by atoms with van der Waals surface area (Å²) in [5, 5.41) is 2.88. The van der Waals surface area contributed by atoms with Gasteiger partial charge < -0.3 is 10.1 Å². The fourth-order valence-corrected chi connectivity index (χ4v) is 2.47.